The van der Waals surface area contributed by atoms with Crippen molar-refractivity contribution in [2.45, 2.75) is 6.54 Å². The Morgan fingerprint density at radius 3 is 2.70 bits per heavy atom. The summed E-state index contributed by atoms with van der Waals surface area (Å²) in [5.74, 6) is 0.0741. The highest BCUT2D eigenvalue weighted by molar-refractivity contribution is 9.10. The van der Waals surface area contributed by atoms with Crippen molar-refractivity contribution in [1.29, 1.82) is 0 Å². The number of nitrogens with zero attached hydrogens (tertiary/aromatic N) is 3. The van der Waals surface area contributed by atoms with Crippen molar-refractivity contribution < 1.29 is 5.21 Å². The average molecular weight is 335 g/mol. The molecule has 1 heterocycles. The maximum Gasteiger partial charge on any atom is 0.172 e. The molecule has 0 saturated carbocycles. The third kappa shape index (κ3) is 3.27. The van der Waals surface area contributed by atoms with E-state index in [0.29, 0.717) is 12.1 Å². The summed E-state index contributed by atoms with van der Waals surface area (Å²) < 4.78 is 1.04. The number of hydrogen-bond donors (Lipinski definition) is 2. The fraction of sp³-hybridized carbons (Fsp3) is 0.143. The first-order chi connectivity index (χ1) is 9.61. The summed E-state index contributed by atoms with van der Waals surface area (Å²) in [6.07, 6.45) is 3.32. The molecule has 0 spiro atoms. The summed E-state index contributed by atoms with van der Waals surface area (Å²) in [5, 5.41) is 11.9. The molecule has 2 aromatic rings. The van der Waals surface area contributed by atoms with Gasteiger partial charge >= 0.3 is 0 Å². The first-order valence-electron chi connectivity index (χ1n) is 5.99. The quantitative estimate of drug-likeness (QED) is 0.390. The van der Waals surface area contributed by atoms with Crippen LogP contribution in [0.4, 0.5) is 5.69 Å². The smallest absolute Gasteiger partial charge is 0.172 e. The van der Waals surface area contributed by atoms with Crippen LogP contribution in [0, 0.1) is 0 Å². The molecule has 0 fully saturated rings. The molecular formula is C14H15BrN4O. The van der Waals surface area contributed by atoms with Crippen LogP contribution < -0.4 is 10.6 Å². The van der Waals surface area contributed by atoms with Gasteiger partial charge in [-0.15, -0.1) is 0 Å². The second-order valence-corrected chi connectivity index (χ2v) is 5.28. The number of rotatable bonds is 4. The van der Waals surface area contributed by atoms with Crippen molar-refractivity contribution in [3.63, 3.8) is 0 Å². The van der Waals surface area contributed by atoms with E-state index in [2.05, 4.69) is 26.1 Å². The predicted octanol–water partition coefficient (Wildman–Crippen LogP) is 2.57. The van der Waals surface area contributed by atoms with Crippen LogP contribution in [-0.4, -0.2) is 23.1 Å². The predicted molar refractivity (Wildman–Crippen MR) is 83.0 cm³/mol. The summed E-state index contributed by atoms with van der Waals surface area (Å²) in [7, 11) is 1.94. The van der Waals surface area contributed by atoms with Gasteiger partial charge in [-0.05, 0) is 23.8 Å². The van der Waals surface area contributed by atoms with Crippen molar-refractivity contribution in [1.82, 2.24) is 4.98 Å². The van der Waals surface area contributed by atoms with E-state index in [1.165, 1.54) is 0 Å². The first kappa shape index (κ1) is 14.3. The Morgan fingerprint density at radius 2 is 2.05 bits per heavy atom. The molecule has 0 aliphatic heterocycles. The molecule has 0 unspecified atom stereocenters. The van der Waals surface area contributed by atoms with Gasteiger partial charge < -0.3 is 15.8 Å². The molecule has 0 radical (unpaired) electrons. The van der Waals surface area contributed by atoms with Gasteiger partial charge in [0.05, 0.1) is 11.9 Å². The van der Waals surface area contributed by atoms with Gasteiger partial charge in [0, 0.05) is 29.8 Å². The summed E-state index contributed by atoms with van der Waals surface area (Å²) >= 11 is 3.41. The van der Waals surface area contributed by atoms with E-state index in [0.717, 1.165) is 15.7 Å². The molecule has 0 aliphatic carbocycles. The average Bonchev–Trinajstić information content (AvgIpc) is 2.48. The van der Waals surface area contributed by atoms with Gasteiger partial charge in [0.1, 0.15) is 0 Å². The topological polar surface area (TPSA) is 74.7 Å². The maximum atomic E-state index is 8.83. The third-order valence-corrected chi connectivity index (χ3v) is 3.46. The molecule has 0 aliphatic rings. The van der Waals surface area contributed by atoms with Crippen LogP contribution in [0.2, 0.25) is 0 Å². The van der Waals surface area contributed by atoms with Crippen LogP contribution in [0.25, 0.3) is 0 Å². The Bertz CT molecular complexity index is 613. The Balaban J connectivity index is 2.25. The Hall–Kier alpha value is -2.08. The molecule has 1 aromatic carbocycles. The van der Waals surface area contributed by atoms with E-state index >= 15 is 0 Å². The fourth-order valence-corrected chi connectivity index (χ4v) is 2.17. The number of nitrogens with two attached hydrogens (primary N) is 1. The van der Waals surface area contributed by atoms with E-state index in [1.54, 1.807) is 18.5 Å². The van der Waals surface area contributed by atoms with Gasteiger partial charge in [0.15, 0.2) is 5.84 Å². The summed E-state index contributed by atoms with van der Waals surface area (Å²) in [5.41, 5.74) is 8.31. The Morgan fingerprint density at radius 1 is 1.35 bits per heavy atom. The van der Waals surface area contributed by atoms with Crippen molar-refractivity contribution in [3.8, 4) is 0 Å². The second-order valence-electron chi connectivity index (χ2n) is 4.36. The molecule has 1 aromatic heterocycles. The lowest BCUT2D eigenvalue weighted by Crippen LogP contribution is -2.22. The van der Waals surface area contributed by atoms with Crippen molar-refractivity contribution in [3.05, 3.63) is 58.3 Å². The number of pyridine rings is 1. The molecule has 0 saturated heterocycles. The highest BCUT2D eigenvalue weighted by Gasteiger charge is 2.11. The first-order valence-corrected chi connectivity index (χ1v) is 6.78. The number of benzene rings is 1. The SMILES string of the molecule is CN(Cc1ccc(Br)cc1)c1cnccc1/C(N)=N/O. The van der Waals surface area contributed by atoms with Crippen molar-refractivity contribution in [2.75, 3.05) is 11.9 Å². The van der Waals surface area contributed by atoms with Gasteiger partial charge in [-0.3, -0.25) is 4.98 Å². The van der Waals surface area contributed by atoms with Gasteiger partial charge in [-0.2, -0.15) is 0 Å². The molecule has 0 amide bonds. The zero-order valence-electron chi connectivity index (χ0n) is 11.0. The van der Waals surface area contributed by atoms with Gasteiger partial charge in [-0.25, -0.2) is 0 Å². The van der Waals surface area contributed by atoms with Gasteiger partial charge in [-0.1, -0.05) is 33.2 Å². The zero-order chi connectivity index (χ0) is 14.5. The summed E-state index contributed by atoms with van der Waals surface area (Å²) in [6, 6.07) is 9.80. The zero-order valence-corrected chi connectivity index (χ0v) is 12.6. The highest BCUT2D eigenvalue weighted by Crippen LogP contribution is 2.20. The molecule has 5 nitrogen and oxygen atoms in total. The fourth-order valence-electron chi connectivity index (χ4n) is 1.91. The van der Waals surface area contributed by atoms with Crippen LogP contribution in [0.1, 0.15) is 11.1 Å². The van der Waals surface area contributed by atoms with E-state index in [9.17, 15) is 0 Å². The van der Waals surface area contributed by atoms with Crippen LogP contribution in [0.5, 0.6) is 0 Å². The monoisotopic (exact) mass is 334 g/mol. The minimum Gasteiger partial charge on any atom is -0.409 e. The van der Waals surface area contributed by atoms with Crippen molar-refractivity contribution in [2.24, 2.45) is 10.9 Å². The van der Waals surface area contributed by atoms with Crippen LogP contribution in [-0.2, 0) is 6.54 Å². The largest absolute Gasteiger partial charge is 0.409 e. The number of anilines is 1. The normalized spacial score (nSPS) is 11.4. The van der Waals surface area contributed by atoms with E-state index in [1.807, 2.05) is 36.2 Å². The summed E-state index contributed by atoms with van der Waals surface area (Å²) in [4.78, 5) is 6.10. The molecule has 0 atom stereocenters. The number of halogens is 1. The Labute approximate surface area is 125 Å². The molecule has 0 bridgehead atoms. The minimum atomic E-state index is 0.0741. The Kier molecular flexibility index (Phi) is 4.57. The van der Waals surface area contributed by atoms with Crippen LogP contribution in [0.15, 0.2) is 52.4 Å². The molecule has 2 rings (SSSR count). The molecule has 20 heavy (non-hydrogen) atoms. The molecular weight excluding hydrogens is 320 g/mol. The number of hydrogen-bond acceptors (Lipinski definition) is 4. The number of amidine groups is 1. The van der Waals surface area contributed by atoms with E-state index < -0.39 is 0 Å². The molecule has 3 N–H and O–H groups in total. The van der Waals surface area contributed by atoms with Crippen molar-refractivity contribution >= 4 is 27.5 Å². The molecule has 104 valence electrons. The number of oxime groups is 1. The minimum absolute atomic E-state index is 0.0741. The number of aromatic nitrogens is 1. The van der Waals surface area contributed by atoms with Crippen LogP contribution >= 0.6 is 15.9 Å². The highest BCUT2D eigenvalue weighted by atomic mass is 79.9. The molecule has 6 heteroatoms. The van der Waals surface area contributed by atoms with Crippen LogP contribution in [0.3, 0.4) is 0 Å². The lowest BCUT2D eigenvalue weighted by molar-refractivity contribution is 0.318. The van der Waals surface area contributed by atoms with E-state index in [-0.39, 0.29) is 5.84 Å². The summed E-state index contributed by atoms with van der Waals surface area (Å²) in [6.45, 7) is 0.699. The maximum absolute atomic E-state index is 8.83. The van der Waals surface area contributed by atoms with Gasteiger partial charge in [0.2, 0.25) is 0 Å². The second kappa shape index (κ2) is 6.38. The lowest BCUT2D eigenvalue weighted by atomic mass is 10.1. The standard InChI is InChI=1S/C14H15BrN4O/c1-19(9-10-2-4-11(15)5-3-10)13-8-17-7-6-12(13)14(16)18-20/h2-8,20H,9H2,1H3,(H2,16,18). The van der Waals surface area contributed by atoms with Gasteiger partial charge in [0.25, 0.3) is 0 Å². The van der Waals surface area contributed by atoms with E-state index in [4.69, 9.17) is 10.9 Å². The lowest BCUT2D eigenvalue weighted by Gasteiger charge is -2.21. The third-order valence-electron chi connectivity index (χ3n) is 2.93.